The Morgan fingerprint density at radius 3 is 2.17 bits per heavy atom. The average Bonchev–Trinajstić information content (AvgIpc) is 2.43. The maximum Gasteiger partial charge on any atom is 0.0605 e. The zero-order valence-corrected chi connectivity index (χ0v) is 11.1. The van der Waals surface area contributed by atoms with Gasteiger partial charge in [0.05, 0.1) is 11.4 Å². The van der Waals surface area contributed by atoms with Crippen LogP contribution in [0.3, 0.4) is 0 Å². The summed E-state index contributed by atoms with van der Waals surface area (Å²) < 4.78 is 0. The lowest BCUT2D eigenvalue weighted by Crippen LogP contribution is -2.22. The lowest BCUT2D eigenvalue weighted by molar-refractivity contribution is 0.868. The van der Waals surface area contributed by atoms with Gasteiger partial charge in [0.25, 0.3) is 0 Å². The van der Waals surface area contributed by atoms with E-state index in [2.05, 4.69) is 55.1 Å². The smallest absolute Gasteiger partial charge is 0.0605 e. The lowest BCUT2D eigenvalue weighted by atomic mass is 10.0. The normalized spacial score (nSPS) is 10.3. The average molecular weight is 240 g/mol. The molecule has 0 aliphatic heterocycles. The number of anilines is 2. The van der Waals surface area contributed by atoms with Crippen molar-refractivity contribution >= 4 is 11.4 Å². The van der Waals surface area contributed by atoms with E-state index in [0.717, 1.165) is 24.5 Å². The highest BCUT2D eigenvalue weighted by Crippen LogP contribution is 2.29. The predicted molar refractivity (Wildman–Crippen MR) is 79.9 cm³/mol. The van der Waals surface area contributed by atoms with E-state index in [1.54, 1.807) is 0 Å². The van der Waals surface area contributed by atoms with Gasteiger partial charge >= 0.3 is 0 Å². The molecule has 18 heavy (non-hydrogen) atoms. The molecule has 94 valence electrons. The summed E-state index contributed by atoms with van der Waals surface area (Å²) in [6, 6.07) is 16.7. The highest BCUT2D eigenvalue weighted by atomic mass is 15.1. The van der Waals surface area contributed by atoms with Gasteiger partial charge in [0.1, 0.15) is 0 Å². The van der Waals surface area contributed by atoms with E-state index in [1.807, 2.05) is 12.1 Å². The Hall–Kier alpha value is -1.96. The number of hydrogen-bond acceptors (Lipinski definition) is 2. The Labute approximate surface area is 109 Å². The quantitative estimate of drug-likeness (QED) is 0.824. The van der Waals surface area contributed by atoms with Crippen LogP contribution in [0.4, 0.5) is 11.4 Å². The summed E-state index contributed by atoms with van der Waals surface area (Å²) in [5.74, 6) is 0. The SMILES string of the molecule is CCN(CC)c1cc(-c2ccccc2)ccc1N. The van der Waals surface area contributed by atoms with Crippen LogP contribution < -0.4 is 10.6 Å². The summed E-state index contributed by atoms with van der Waals surface area (Å²) in [6.07, 6.45) is 0. The fraction of sp³-hybridized carbons (Fsp3) is 0.250. The fourth-order valence-electron chi connectivity index (χ4n) is 2.19. The van der Waals surface area contributed by atoms with Crippen molar-refractivity contribution in [2.45, 2.75) is 13.8 Å². The van der Waals surface area contributed by atoms with Gasteiger partial charge in [0.15, 0.2) is 0 Å². The zero-order chi connectivity index (χ0) is 13.0. The minimum atomic E-state index is 0.846. The van der Waals surface area contributed by atoms with Gasteiger partial charge < -0.3 is 10.6 Å². The molecule has 0 saturated carbocycles. The first kappa shape index (κ1) is 12.5. The topological polar surface area (TPSA) is 29.3 Å². The molecule has 0 heterocycles. The molecule has 2 heteroatoms. The van der Waals surface area contributed by atoms with E-state index in [-0.39, 0.29) is 0 Å². The molecule has 2 aromatic carbocycles. The molecule has 0 spiro atoms. The third-order valence-corrected chi connectivity index (χ3v) is 3.24. The van der Waals surface area contributed by atoms with E-state index in [1.165, 1.54) is 11.1 Å². The lowest BCUT2D eigenvalue weighted by Gasteiger charge is -2.23. The van der Waals surface area contributed by atoms with Gasteiger partial charge in [-0.05, 0) is 37.1 Å². The van der Waals surface area contributed by atoms with E-state index in [4.69, 9.17) is 5.73 Å². The zero-order valence-electron chi connectivity index (χ0n) is 11.1. The van der Waals surface area contributed by atoms with Crippen LogP contribution in [0.25, 0.3) is 11.1 Å². The first-order chi connectivity index (χ1) is 8.76. The number of nitrogens with zero attached hydrogens (tertiary/aromatic N) is 1. The minimum Gasteiger partial charge on any atom is -0.397 e. The van der Waals surface area contributed by atoms with Crippen molar-refractivity contribution in [3.05, 3.63) is 48.5 Å². The van der Waals surface area contributed by atoms with Gasteiger partial charge in [-0.25, -0.2) is 0 Å². The molecule has 0 radical (unpaired) electrons. The molecule has 0 bridgehead atoms. The number of nitrogen functional groups attached to an aromatic ring is 1. The molecule has 0 amide bonds. The first-order valence-electron chi connectivity index (χ1n) is 6.46. The Bertz CT molecular complexity index is 502. The van der Waals surface area contributed by atoms with Crippen molar-refractivity contribution in [3.8, 4) is 11.1 Å². The van der Waals surface area contributed by atoms with Crippen LogP contribution in [0.2, 0.25) is 0 Å². The molecule has 0 aliphatic carbocycles. The second-order valence-electron chi connectivity index (χ2n) is 4.31. The maximum absolute atomic E-state index is 6.08. The third-order valence-electron chi connectivity index (χ3n) is 3.24. The molecule has 2 aromatic rings. The van der Waals surface area contributed by atoms with E-state index < -0.39 is 0 Å². The van der Waals surface area contributed by atoms with Crippen LogP contribution in [0.1, 0.15) is 13.8 Å². The Morgan fingerprint density at radius 1 is 0.889 bits per heavy atom. The number of nitrogens with two attached hydrogens (primary N) is 1. The van der Waals surface area contributed by atoms with Crippen LogP contribution >= 0.6 is 0 Å². The molecule has 0 aliphatic rings. The number of rotatable bonds is 4. The molecular formula is C16H20N2. The Morgan fingerprint density at radius 2 is 1.56 bits per heavy atom. The van der Waals surface area contributed by atoms with E-state index in [0.29, 0.717) is 0 Å². The van der Waals surface area contributed by atoms with Crippen molar-refractivity contribution in [2.24, 2.45) is 0 Å². The monoisotopic (exact) mass is 240 g/mol. The van der Waals surface area contributed by atoms with Crippen LogP contribution in [-0.4, -0.2) is 13.1 Å². The summed E-state index contributed by atoms with van der Waals surface area (Å²) in [5, 5.41) is 0. The van der Waals surface area contributed by atoms with Gasteiger partial charge in [-0.3, -0.25) is 0 Å². The second-order valence-corrected chi connectivity index (χ2v) is 4.31. The third kappa shape index (κ3) is 2.48. The Balaban J connectivity index is 2.44. The fourth-order valence-corrected chi connectivity index (χ4v) is 2.19. The van der Waals surface area contributed by atoms with Crippen molar-refractivity contribution in [1.82, 2.24) is 0 Å². The molecule has 0 unspecified atom stereocenters. The molecule has 0 fully saturated rings. The summed E-state index contributed by atoms with van der Waals surface area (Å²) in [4.78, 5) is 2.28. The van der Waals surface area contributed by atoms with Crippen molar-refractivity contribution in [2.75, 3.05) is 23.7 Å². The van der Waals surface area contributed by atoms with E-state index in [9.17, 15) is 0 Å². The molecule has 0 saturated heterocycles. The highest BCUT2D eigenvalue weighted by Gasteiger charge is 2.08. The molecule has 0 atom stereocenters. The van der Waals surface area contributed by atoms with Gasteiger partial charge in [-0.15, -0.1) is 0 Å². The van der Waals surface area contributed by atoms with Gasteiger partial charge in [-0.1, -0.05) is 36.4 Å². The molecule has 2 N–H and O–H groups in total. The summed E-state index contributed by atoms with van der Waals surface area (Å²) in [5.41, 5.74) is 10.5. The summed E-state index contributed by atoms with van der Waals surface area (Å²) in [7, 11) is 0. The van der Waals surface area contributed by atoms with Gasteiger partial charge in [-0.2, -0.15) is 0 Å². The van der Waals surface area contributed by atoms with Crippen LogP contribution in [0, 0.1) is 0 Å². The van der Waals surface area contributed by atoms with Crippen LogP contribution in [0.15, 0.2) is 48.5 Å². The number of hydrogen-bond donors (Lipinski definition) is 1. The van der Waals surface area contributed by atoms with Crippen LogP contribution in [-0.2, 0) is 0 Å². The van der Waals surface area contributed by atoms with Gasteiger partial charge in [0, 0.05) is 13.1 Å². The van der Waals surface area contributed by atoms with Gasteiger partial charge in [0.2, 0.25) is 0 Å². The first-order valence-corrected chi connectivity index (χ1v) is 6.46. The van der Waals surface area contributed by atoms with Crippen molar-refractivity contribution < 1.29 is 0 Å². The summed E-state index contributed by atoms with van der Waals surface area (Å²) >= 11 is 0. The van der Waals surface area contributed by atoms with Crippen LogP contribution in [0.5, 0.6) is 0 Å². The van der Waals surface area contributed by atoms with E-state index >= 15 is 0 Å². The molecule has 2 nitrogen and oxygen atoms in total. The largest absolute Gasteiger partial charge is 0.397 e. The number of benzene rings is 2. The molecular weight excluding hydrogens is 220 g/mol. The van der Waals surface area contributed by atoms with Crippen molar-refractivity contribution in [1.29, 1.82) is 0 Å². The molecule has 2 rings (SSSR count). The standard InChI is InChI=1S/C16H20N2/c1-3-18(4-2)16-12-14(10-11-15(16)17)13-8-6-5-7-9-13/h5-12H,3-4,17H2,1-2H3. The highest BCUT2D eigenvalue weighted by molar-refractivity contribution is 5.76. The predicted octanol–water partition coefficient (Wildman–Crippen LogP) is 3.78. The maximum atomic E-state index is 6.08. The van der Waals surface area contributed by atoms with Crippen molar-refractivity contribution in [3.63, 3.8) is 0 Å². The molecule has 0 aromatic heterocycles. The Kier molecular flexibility index (Phi) is 3.88. The minimum absolute atomic E-state index is 0.846. The summed E-state index contributed by atoms with van der Waals surface area (Å²) in [6.45, 7) is 6.24. The second kappa shape index (κ2) is 5.58.